The molecule has 2 heterocycles. The van der Waals surface area contributed by atoms with Gasteiger partial charge in [0.25, 0.3) is 0 Å². The molecule has 0 aliphatic carbocycles. The Balaban J connectivity index is 2.00. The molecule has 5 nitrogen and oxygen atoms in total. The first-order valence-corrected chi connectivity index (χ1v) is 5.73. The molecule has 17 heavy (non-hydrogen) atoms. The van der Waals surface area contributed by atoms with E-state index in [1.165, 1.54) is 0 Å². The van der Waals surface area contributed by atoms with Crippen molar-refractivity contribution >= 4 is 0 Å². The molecule has 0 radical (unpaired) electrons. The van der Waals surface area contributed by atoms with E-state index in [0.717, 1.165) is 24.2 Å². The maximum atomic E-state index is 4.32. The van der Waals surface area contributed by atoms with Crippen molar-refractivity contribution < 1.29 is 0 Å². The van der Waals surface area contributed by atoms with Crippen molar-refractivity contribution in [1.29, 1.82) is 0 Å². The first-order chi connectivity index (χ1) is 8.31. The summed E-state index contributed by atoms with van der Waals surface area (Å²) >= 11 is 0. The van der Waals surface area contributed by atoms with Gasteiger partial charge in [0.15, 0.2) is 0 Å². The van der Waals surface area contributed by atoms with Gasteiger partial charge in [-0.2, -0.15) is 0 Å². The van der Waals surface area contributed by atoms with Gasteiger partial charge in [-0.05, 0) is 32.0 Å². The van der Waals surface area contributed by atoms with E-state index < -0.39 is 0 Å². The fourth-order valence-corrected chi connectivity index (χ4v) is 1.89. The van der Waals surface area contributed by atoms with Crippen LogP contribution in [-0.4, -0.2) is 27.0 Å². The van der Waals surface area contributed by atoms with Crippen LogP contribution < -0.4 is 5.32 Å². The number of rotatable bonds is 5. The first kappa shape index (κ1) is 11.7. The van der Waals surface area contributed by atoms with E-state index in [2.05, 4.69) is 20.6 Å². The lowest BCUT2D eigenvalue weighted by Crippen LogP contribution is -2.20. The minimum Gasteiger partial charge on any atom is -0.312 e. The highest BCUT2D eigenvalue weighted by molar-refractivity contribution is 5.06. The number of nitrogens with zero attached hydrogens (tertiary/aromatic N) is 4. The Bertz CT molecular complexity index is 451. The SMILES string of the molecule is CNC(CCc1ccccn1)c1cnnn1C. The number of aromatic nitrogens is 4. The van der Waals surface area contributed by atoms with Crippen LogP contribution in [0.4, 0.5) is 0 Å². The molecule has 0 spiro atoms. The van der Waals surface area contributed by atoms with E-state index in [1.54, 1.807) is 10.9 Å². The maximum absolute atomic E-state index is 4.32. The molecule has 2 aromatic rings. The monoisotopic (exact) mass is 231 g/mol. The molecule has 1 atom stereocenters. The van der Waals surface area contributed by atoms with E-state index in [-0.39, 0.29) is 6.04 Å². The van der Waals surface area contributed by atoms with Gasteiger partial charge in [0.05, 0.1) is 17.9 Å². The first-order valence-electron chi connectivity index (χ1n) is 5.73. The zero-order chi connectivity index (χ0) is 12.1. The molecule has 0 saturated carbocycles. The van der Waals surface area contributed by atoms with E-state index in [1.807, 2.05) is 38.5 Å². The Hall–Kier alpha value is -1.75. The van der Waals surface area contributed by atoms with Crippen LogP contribution in [0.3, 0.4) is 0 Å². The average Bonchev–Trinajstić information content (AvgIpc) is 2.78. The zero-order valence-electron chi connectivity index (χ0n) is 10.2. The molecule has 0 amide bonds. The molecule has 0 aromatic carbocycles. The van der Waals surface area contributed by atoms with Crippen molar-refractivity contribution in [3.05, 3.63) is 42.0 Å². The van der Waals surface area contributed by atoms with Crippen molar-refractivity contribution in [3.63, 3.8) is 0 Å². The summed E-state index contributed by atoms with van der Waals surface area (Å²) in [5.41, 5.74) is 2.21. The summed E-state index contributed by atoms with van der Waals surface area (Å²) in [6, 6.07) is 6.26. The van der Waals surface area contributed by atoms with E-state index in [0.29, 0.717) is 0 Å². The van der Waals surface area contributed by atoms with Crippen molar-refractivity contribution in [3.8, 4) is 0 Å². The van der Waals surface area contributed by atoms with Gasteiger partial charge in [-0.25, -0.2) is 0 Å². The van der Waals surface area contributed by atoms with Crippen LogP contribution in [0.1, 0.15) is 23.9 Å². The number of hydrogen-bond acceptors (Lipinski definition) is 4. The molecule has 5 heteroatoms. The summed E-state index contributed by atoms with van der Waals surface area (Å²) in [6.07, 6.45) is 5.56. The molecule has 1 N–H and O–H groups in total. The topological polar surface area (TPSA) is 55.6 Å². The van der Waals surface area contributed by atoms with Crippen LogP contribution in [0.2, 0.25) is 0 Å². The average molecular weight is 231 g/mol. The molecular weight excluding hydrogens is 214 g/mol. The molecule has 1 unspecified atom stereocenters. The minimum atomic E-state index is 0.261. The second kappa shape index (κ2) is 5.54. The van der Waals surface area contributed by atoms with Crippen LogP contribution in [0.5, 0.6) is 0 Å². The molecule has 0 bridgehead atoms. The quantitative estimate of drug-likeness (QED) is 0.837. The second-order valence-corrected chi connectivity index (χ2v) is 3.98. The molecule has 2 aromatic heterocycles. The third-order valence-electron chi connectivity index (χ3n) is 2.87. The summed E-state index contributed by atoms with van der Waals surface area (Å²) in [6.45, 7) is 0. The summed E-state index contributed by atoms with van der Waals surface area (Å²) < 4.78 is 1.81. The zero-order valence-corrected chi connectivity index (χ0v) is 10.2. The summed E-state index contributed by atoms with van der Waals surface area (Å²) in [4.78, 5) is 4.32. The highest BCUT2D eigenvalue weighted by atomic mass is 15.4. The fraction of sp³-hybridized carbons (Fsp3) is 0.417. The highest BCUT2D eigenvalue weighted by Gasteiger charge is 2.13. The summed E-state index contributed by atoms with van der Waals surface area (Å²) in [5, 5.41) is 11.1. The van der Waals surface area contributed by atoms with Crippen molar-refractivity contribution in [1.82, 2.24) is 25.3 Å². The predicted octanol–water partition coefficient (Wildman–Crippen LogP) is 1.10. The Labute approximate surface area is 101 Å². The van der Waals surface area contributed by atoms with Gasteiger partial charge in [-0.1, -0.05) is 11.3 Å². The van der Waals surface area contributed by atoms with Crippen LogP contribution in [0.25, 0.3) is 0 Å². The standard InChI is InChI=1S/C12H17N5/c1-13-11(12-9-15-16-17(12)2)7-6-10-5-3-4-8-14-10/h3-5,8-9,11,13H,6-7H2,1-2H3. The van der Waals surface area contributed by atoms with Crippen molar-refractivity contribution in [2.45, 2.75) is 18.9 Å². The van der Waals surface area contributed by atoms with Gasteiger partial charge in [-0.15, -0.1) is 5.10 Å². The summed E-state index contributed by atoms with van der Waals surface area (Å²) in [7, 11) is 3.86. The lowest BCUT2D eigenvalue weighted by atomic mass is 10.1. The van der Waals surface area contributed by atoms with Crippen molar-refractivity contribution in [2.24, 2.45) is 7.05 Å². The molecule has 0 saturated heterocycles. The smallest absolute Gasteiger partial charge is 0.0753 e. The highest BCUT2D eigenvalue weighted by Crippen LogP contribution is 2.16. The second-order valence-electron chi connectivity index (χ2n) is 3.98. The maximum Gasteiger partial charge on any atom is 0.0753 e. The lowest BCUT2D eigenvalue weighted by Gasteiger charge is -2.15. The Morgan fingerprint density at radius 2 is 2.29 bits per heavy atom. The van der Waals surface area contributed by atoms with Gasteiger partial charge in [0.1, 0.15) is 0 Å². The van der Waals surface area contributed by atoms with Gasteiger partial charge in [0.2, 0.25) is 0 Å². The molecule has 0 aliphatic rings. The Morgan fingerprint density at radius 3 is 2.88 bits per heavy atom. The molecule has 0 fully saturated rings. The van der Waals surface area contributed by atoms with Crippen molar-refractivity contribution in [2.75, 3.05) is 7.05 Å². The molecule has 90 valence electrons. The van der Waals surface area contributed by atoms with Gasteiger partial charge < -0.3 is 5.32 Å². The third-order valence-corrected chi connectivity index (χ3v) is 2.87. The van der Waals surface area contributed by atoms with Gasteiger partial charge in [0, 0.05) is 18.9 Å². The lowest BCUT2D eigenvalue weighted by molar-refractivity contribution is 0.502. The number of hydrogen-bond donors (Lipinski definition) is 1. The van der Waals surface area contributed by atoms with E-state index >= 15 is 0 Å². The Morgan fingerprint density at radius 1 is 1.41 bits per heavy atom. The number of nitrogens with one attached hydrogen (secondary N) is 1. The Kier molecular flexibility index (Phi) is 3.82. The van der Waals surface area contributed by atoms with Gasteiger partial charge in [-0.3, -0.25) is 9.67 Å². The molecule has 2 rings (SSSR count). The number of aryl methyl sites for hydroxylation is 2. The van der Waals surface area contributed by atoms with Crippen LogP contribution in [-0.2, 0) is 13.5 Å². The minimum absolute atomic E-state index is 0.261. The molecular formula is C12H17N5. The van der Waals surface area contributed by atoms with Crippen LogP contribution in [0, 0.1) is 0 Å². The third kappa shape index (κ3) is 2.88. The van der Waals surface area contributed by atoms with Gasteiger partial charge >= 0.3 is 0 Å². The number of pyridine rings is 1. The summed E-state index contributed by atoms with van der Waals surface area (Å²) in [5.74, 6) is 0. The van der Waals surface area contributed by atoms with Crippen LogP contribution in [0.15, 0.2) is 30.6 Å². The molecule has 0 aliphatic heterocycles. The normalized spacial score (nSPS) is 12.6. The van der Waals surface area contributed by atoms with E-state index in [4.69, 9.17) is 0 Å². The fourth-order valence-electron chi connectivity index (χ4n) is 1.89. The largest absolute Gasteiger partial charge is 0.312 e. The predicted molar refractivity (Wildman–Crippen MR) is 65.4 cm³/mol. The van der Waals surface area contributed by atoms with E-state index in [9.17, 15) is 0 Å². The van der Waals surface area contributed by atoms with Crippen LogP contribution >= 0.6 is 0 Å².